The first-order valence-corrected chi connectivity index (χ1v) is 8.17. The molecule has 0 fully saturated rings. The summed E-state index contributed by atoms with van der Waals surface area (Å²) in [5.74, 6) is 1.18. The minimum Gasteiger partial charge on any atom is -0.493 e. The molecule has 1 amide bonds. The second kappa shape index (κ2) is 6.43. The van der Waals surface area contributed by atoms with Crippen molar-refractivity contribution in [3.05, 3.63) is 36.2 Å². The highest BCUT2D eigenvalue weighted by molar-refractivity contribution is 5.94. The summed E-state index contributed by atoms with van der Waals surface area (Å²) in [4.78, 5) is 16.0. The number of nitrogens with zero attached hydrogens (tertiary/aromatic N) is 2. The maximum Gasteiger partial charge on any atom is 0.257 e. The molecule has 1 aliphatic heterocycles. The van der Waals surface area contributed by atoms with Crippen LogP contribution in [0.4, 0.5) is 0 Å². The molecule has 7 nitrogen and oxygen atoms in total. The van der Waals surface area contributed by atoms with Crippen molar-refractivity contribution in [2.24, 2.45) is 0 Å². The lowest BCUT2D eigenvalue weighted by Crippen LogP contribution is -2.30. The van der Waals surface area contributed by atoms with Gasteiger partial charge in [-0.25, -0.2) is 0 Å². The van der Waals surface area contributed by atoms with Crippen LogP contribution in [0.3, 0.4) is 0 Å². The fourth-order valence-electron chi connectivity index (χ4n) is 2.84. The zero-order valence-electron chi connectivity index (χ0n) is 13.8. The van der Waals surface area contributed by atoms with E-state index in [9.17, 15) is 4.79 Å². The standard InChI is InChI=1S/C18H18N4O3/c1-11-5-15-14-7-16(11)24-4-2-3-20-17(23)10-25-13-6-12(8-19-9-13)18(14)22-21-15/h5-9H,2-4,10H2,1H3,(H,20,23)(H,21,22). The largest absolute Gasteiger partial charge is 0.493 e. The molecule has 4 bridgehead atoms. The van der Waals surface area contributed by atoms with Crippen molar-refractivity contribution in [1.82, 2.24) is 20.5 Å². The third-order valence-corrected chi connectivity index (χ3v) is 4.12. The van der Waals surface area contributed by atoms with Crippen molar-refractivity contribution in [3.8, 4) is 22.8 Å². The first-order valence-electron chi connectivity index (χ1n) is 8.17. The zero-order valence-corrected chi connectivity index (χ0v) is 13.8. The Kier molecular flexibility index (Phi) is 3.97. The Morgan fingerprint density at radius 1 is 1.16 bits per heavy atom. The van der Waals surface area contributed by atoms with Gasteiger partial charge in [-0.2, -0.15) is 5.10 Å². The molecule has 0 spiro atoms. The van der Waals surface area contributed by atoms with E-state index in [1.807, 2.05) is 25.1 Å². The molecule has 0 atom stereocenters. The molecule has 2 N–H and O–H groups in total. The number of carbonyl (C=O) groups excluding carboxylic acids is 1. The van der Waals surface area contributed by atoms with Crippen LogP contribution in [0.1, 0.15) is 12.0 Å². The van der Waals surface area contributed by atoms with E-state index in [1.165, 1.54) is 0 Å². The number of aromatic amines is 1. The lowest BCUT2D eigenvalue weighted by molar-refractivity contribution is -0.123. The highest BCUT2D eigenvalue weighted by Crippen LogP contribution is 2.32. The van der Waals surface area contributed by atoms with E-state index in [-0.39, 0.29) is 12.5 Å². The van der Waals surface area contributed by atoms with Crippen LogP contribution in [0.15, 0.2) is 30.6 Å². The maximum absolute atomic E-state index is 11.8. The van der Waals surface area contributed by atoms with Gasteiger partial charge in [0.05, 0.1) is 18.3 Å². The number of hydrogen-bond acceptors (Lipinski definition) is 5. The Morgan fingerprint density at radius 2 is 2.08 bits per heavy atom. The van der Waals surface area contributed by atoms with Gasteiger partial charge in [0.2, 0.25) is 0 Å². The van der Waals surface area contributed by atoms with Crippen molar-refractivity contribution in [2.75, 3.05) is 19.8 Å². The molecule has 7 heteroatoms. The number of pyridine rings is 1. The molecule has 1 aliphatic rings. The lowest BCUT2D eigenvalue weighted by atomic mass is 10.1. The molecular weight excluding hydrogens is 320 g/mol. The van der Waals surface area contributed by atoms with Gasteiger partial charge in [0.1, 0.15) is 17.2 Å². The Balaban J connectivity index is 1.81. The van der Waals surface area contributed by atoms with Gasteiger partial charge in [-0.15, -0.1) is 0 Å². The fraction of sp³-hybridized carbons (Fsp3) is 0.278. The van der Waals surface area contributed by atoms with E-state index in [2.05, 4.69) is 20.5 Å². The van der Waals surface area contributed by atoms with Crippen molar-refractivity contribution in [2.45, 2.75) is 13.3 Å². The van der Waals surface area contributed by atoms with Crippen LogP contribution < -0.4 is 14.8 Å². The van der Waals surface area contributed by atoms with Crippen molar-refractivity contribution < 1.29 is 14.3 Å². The summed E-state index contributed by atoms with van der Waals surface area (Å²) in [6.07, 6.45) is 4.03. The summed E-state index contributed by atoms with van der Waals surface area (Å²) in [6, 6.07) is 5.85. The summed E-state index contributed by atoms with van der Waals surface area (Å²) >= 11 is 0. The van der Waals surface area contributed by atoms with E-state index in [1.54, 1.807) is 12.4 Å². The number of benzene rings is 1. The molecule has 25 heavy (non-hydrogen) atoms. The van der Waals surface area contributed by atoms with Gasteiger partial charge < -0.3 is 14.8 Å². The lowest BCUT2D eigenvalue weighted by Gasteiger charge is -2.10. The van der Waals surface area contributed by atoms with Crippen LogP contribution >= 0.6 is 0 Å². The SMILES string of the molecule is Cc1cc2[nH]nc3c2cc1OCCCNC(=O)COc1cncc-3c1. The maximum atomic E-state index is 11.8. The zero-order chi connectivity index (χ0) is 17.2. The van der Waals surface area contributed by atoms with Gasteiger partial charge >= 0.3 is 0 Å². The van der Waals surface area contributed by atoms with Gasteiger partial charge in [-0.05, 0) is 37.1 Å². The Morgan fingerprint density at radius 3 is 3.00 bits per heavy atom. The number of nitrogens with one attached hydrogen (secondary N) is 2. The van der Waals surface area contributed by atoms with E-state index >= 15 is 0 Å². The van der Waals surface area contributed by atoms with Crippen molar-refractivity contribution in [1.29, 1.82) is 0 Å². The summed E-state index contributed by atoms with van der Waals surface area (Å²) in [7, 11) is 0. The molecule has 4 rings (SSSR count). The number of aryl methyl sites for hydroxylation is 1. The molecule has 0 aliphatic carbocycles. The first kappa shape index (κ1) is 15.4. The quantitative estimate of drug-likeness (QED) is 0.656. The molecule has 0 saturated heterocycles. The molecule has 0 unspecified atom stereocenters. The van der Waals surface area contributed by atoms with Crippen molar-refractivity contribution in [3.63, 3.8) is 0 Å². The van der Waals surface area contributed by atoms with Crippen LogP contribution in [-0.2, 0) is 4.79 Å². The smallest absolute Gasteiger partial charge is 0.257 e. The topological polar surface area (TPSA) is 89.1 Å². The van der Waals surface area contributed by atoms with Crippen LogP contribution in [0.25, 0.3) is 22.2 Å². The number of carbonyl (C=O) groups is 1. The molecule has 1 aromatic carbocycles. The van der Waals surface area contributed by atoms with Gasteiger partial charge in [0, 0.05) is 23.7 Å². The number of aromatic nitrogens is 3. The van der Waals surface area contributed by atoms with Crippen LogP contribution in [-0.4, -0.2) is 40.8 Å². The second-order valence-corrected chi connectivity index (χ2v) is 5.99. The normalized spacial score (nSPS) is 15.0. The predicted molar refractivity (Wildman–Crippen MR) is 92.7 cm³/mol. The molecule has 2 aromatic heterocycles. The number of fused-ring (bicyclic) bond motifs is 4. The number of amides is 1. The Labute approximate surface area is 144 Å². The van der Waals surface area contributed by atoms with Gasteiger partial charge in [0.25, 0.3) is 5.91 Å². The highest BCUT2D eigenvalue weighted by atomic mass is 16.5. The molecule has 0 saturated carbocycles. The van der Waals surface area contributed by atoms with Crippen LogP contribution in [0.2, 0.25) is 0 Å². The number of hydrogen-bond donors (Lipinski definition) is 2. The predicted octanol–water partition coefficient (Wildman–Crippen LogP) is 2.21. The molecule has 3 aromatic rings. The number of rotatable bonds is 0. The van der Waals surface area contributed by atoms with Gasteiger partial charge in [0.15, 0.2) is 6.61 Å². The minimum atomic E-state index is -0.167. The van der Waals surface area contributed by atoms with Gasteiger partial charge in [-0.3, -0.25) is 14.9 Å². The van der Waals surface area contributed by atoms with Crippen molar-refractivity contribution >= 4 is 16.8 Å². The van der Waals surface area contributed by atoms with Gasteiger partial charge in [-0.1, -0.05) is 0 Å². The van der Waals surface area contributed by atoms with E-state index < -0.39 is 0 Å². The minimum absolute atomic E-state index is 0.0468. The Bertz CT molecular complexity index is 935. The monoisotopic (exact) mass is 338 g/mol. The summed E-state index contributed by atoms with van der Waals surface area (Å²) in [5.41, 5.74) is 3.56. The average Bonchev–Trinajstić information content (AvgIpc) is 3.02. The molecular formula is C18H18N4O3. The molecule has 3 heterocycles. The van der Waals surface area contributed by atoms with Crippen LogP contribution in [0, 0.1) is 6.92 Å². The number of ether oxygens (including phenoxy) is 2. The molecule has 0 radical (unpaired) electrons. The van der Waals surface area contributed by atoms with E-state index in [4.69, 9.17) is 9.47 Å². The average molecular weight is 338 g/mol. The summed E-state index contributed by atoms with van der Waals surface area (Å²) in [5, 5.41) is 11.2. The third kappa shape index (κ3) is 3.13. The summed E-state index contributed by atoms with van der Waals surface area (Å²) < 4.78 is 11.4. The highest BCUT2D eigenvalue weighted by Gasteiger charge is 2.13. The first-order chi connectivity index (χ1) is 12.2. The van der Waals surface area contributed by atoms with E-state index in [0.717, 1.165) is 39.9 Å². The Hall–Kier alpha value is -3.09. The third-order valence-electron chi connectivity index (χ3n) is 4.12. The van der Waals surface area contributed by atoms with E-state index in [0.29, 0.717) is 18.9 Å². The molecule has 128 valence electrons. The van der Waals surface area contributed by atoms with Crippen LogP contribution in [0.5, 0.6) is 11.5 Å². The fourth-order valence-corrected chi connectivity index (χ4v) is 2.84. The number of H-pyrrole nitrogens is 1. The summed E-state index contributed by atoms with van der Waals surface area (Å²) in [6.45, 7) is 3.02. The second-order valence-electron chi connectivity index (χ2n) is 5.99.